The van der Waals surface area contributed by atoms with E-state index in [1.165, 1.54) is 23.9 Å². The molecule has 1 atom stereocenters. The number of nitrogens with one attached hydrogen (secondary N) is 1. The molecule has 7 heteroatoms. The fourth-order valence-corrected chi connectivity index (χ4v) is 4.13. The standard InChI is InChI=1S/C24H30ClFN2O2S/c1-3-5-14-27-24(30)22(4-2)28(15-18-6-10-20(25)11-7-18)23(29)17-31-16-19-8-12-21(26)13-9-19/h6-13,22H,3-5,14-17H2,1-2H3,(H,27,30)/t22-/m0/s1. The van der Waals surface area contributed by atoms with E-state index < -0.39 is 6.04 Å². The van der Waals surface area contributed by atoms with Crippen molar-refractivity contribution in [3.05, 3.63) is 70.5 Å². The average Bonchev–Trinajstić information content (AvgIpc) is 2.76. The van der Waals surface area contributed by atoms with Gasteiger partial charge in [-0.2, -0.15) is 0 Å². The summed E-state index contributed by atoms with van der Waals surface area (Å²) < 4.78 is 13.1. The number of hydrogen-bond acceptors (Lipinski definition) is 3. The molecule has 2 rings (SSSR count). The van der Waals surface area contributed by atoms with Crippen LogP contribution in [-0.2, 0) is 21.9 Å². The molecule has 2 aromatic rings. The topological polar surface area (TPSA) is 49.4 Å². The van der Waals surface area contributed by atoms with Crippen LogP contribution in [0.25, 0.3) is 0 Å². The Kier molecular flexibility index (Phi) is 10.9. The number of carbonyl (C=O) groups excluding carboxylic acids is 2. The molecule has 2 amide bonds. The summed E-state index contributed by atoms with van der Waals surface area (Å²) in [7, 11) is 0. The van der Waals surface area contributed by atoms with Crippen LogP contribution in [0.4, 0.5) is 4.39 Å². The third-order valence-electron chi connectivity index (χ3n) is 4.89. The second-order valence-electron chi connectivity index (χ2n) is 7.34. The van der Waals surface area contributed by atoms with Gasteiger partial charge in [0.05, 0.1) is 5.75 Å². The first-order chi connectivity index (χ1) is 14.9. The van der Waals surface area contributed by atoms with E-state index in [4.69, 9.17) is 11.6 Å². The zero-order chi connectivity index (χ0) is 22.6. The molecule has 0 unspecified atom stereocenters. The van der Waals surface area contributed by atoms with Crippen LogP contribution in [0, 0.1) is 5.82 Å². The second kappa shape index (κ2) is 13.4. The molecule has 0 bridgehead atoms. The molecule has 0 aromatic heterocycles. The molecule has 0 aliphatic heterocycles. The number of hydrogen-bond donors (Lipinski definition) is 1. The van der Waals surface area contributed by atoms with Gasteiger partial charge in [-0.25, -0.2) is 4.39 Å². The number of unbranched alkanes of at least 4 members (excludes halogenated alkanes) is 1. The highest BCUT2D eigenvalue weighted by molar-refractivity contribution is 7.99. The first-order valence-corrected chi connectivity index (χ1v) is 12.1. The smallest absolute Gasteiger partial charge is 0.242 e. The molecular formula is C24H30ClFN2O2S. The molecule has 0 fully saturated rings. The molecule has 0 aliphatic rings. The number of benzene rings is 2. The minimum absolute atomic E-state index is 0.0976. The number of amides is 2. The van der Waals surface area contributed by atoms with Crippen molar-refractivity contribution in [1.82, 2.24) is 10.2 Å². The van der Waals surface area contributed by atoms with Crippen LogP contribution in [0.15, 0.2) is 48.5 Å². The van der Waals surface area contributed by atoms with Crippen molar-refractivity contribution in [2.24, 2.45) is 0 Å². The molecular weight excluding hydrogens is 435 g/mol. The average molecular weight is 465 g/mol. The van der Waals surface area contributed by atoms with Gasteiger partial charge < -0.3 is 10.2 Å². The summed E-state index contributed by atoms with van der Waals surface area (Å²) in [6.45, 7) is 4.93. The van der Waals surface area contributed by atoms with Crippen molar-refractivity contribution < 1.29 is 14.0 Å². The predicted octanol–water partition coefficient (Wildman–Crippen LogP) is 5.44. The number of rotatable bonds is 12. The summed E-state index contributed by atoms with van der Waals surface area (Å²) in [4.78, 5) is 27.6. The first-order valence-electron chi connectivity index (χ1n) is 10.6. The molecule has 0 aliphatic carbocycles. The van der Waals surface area contributed by atoms with Crippen LogP contribution >= 0.6 is 23.4 Å². The van der Waals surface area contributed by atoms with Gasteiger partial charge in [-0.3, -0.25) is 9.59 Å². The fraction of sp³-hybridized carbons (Fsp3) is 0.417. The first kappa shape index (κ1) is 25.2. The quantitative estimate of drug-likeness (QED) is 0.426. The largest absolute Gasteiger partial charge is 0.354 e. The van der Waals surface area contributed by atoms with E-state index >= 15 is 0 Å². The normalized spacial score (nSPS) is 11.7. The Morgan fingerprint density at radius 1 is 1.06 bits per heavy atom. The van der Waals surface area contributed by atoms with E-state index in [9.17, 15) is 14.0 Å². The van der Waals surface area contributed by atoms with E-state index in [0.717, 1.165) is 24.0 Å². The van der Waals surface area contributed by atoms with Crippen molar-refractivity contribution in [3.8, 4) is 0 Å². The van der Waals surface area contributed by atoms with Gasteiger partial charge in [0.15, 0.2) is 0 Å². The van der Waals surface area contributed by atoms with Gasteiger partial charge in [0.25, 0.3) is 0 Å². The monoisotopic (exact) mass is 464 g/mol. The molecule has 168 valence electrons. The molecule has 0 saturated carbocycles. The Morgan fingerprint density at radius 3 is 2.32 bits per heavy atom. The van der Waals surface area contributed by atoms with E-state index in [-0.39, 0.29) is 23.4 Å². The molecule has 1 N–H and O–H groups in total. The lowest BCUT2D eigenvalue weighted by Gasteiger charge is -2.30. The van der Waals surface area contributed by atoms with Crippen LogP contribution in [0.3, 0.4) is 0 Å². The van der Waals surface area contributed by atoms with Gasteiger partial charge in [0, 0.05) is 23.9 Å². The summed E-state index contributed by atoms with van der Waals surface area (Å²) in [6.07, 6.45) is 2.42. The summed E-state index contributed by atoms with van der Waals surface area (Å²) in [5.41, 5.74) is 1.87. The van der Waals surface area contributed by atoms with Crippen LogP contribution < -0.4 is 5.32 Å². The summed E-state index contributed by atoms with van der Waals surface area (Å²) in [5.74, 6) is 0.337. The molecule has 0 spiro atoms. The summed E-state index contributed by atoms with van der Waals surface area (Å²) >= 11 is 7.44. The lowest BCUT2D eigenvalue weighted by molar-refractivity contribution is -0.139. The fourth-order valence-electron chi connectivity index (χ4n) is 3.13. The van der Waals surface area contributed by atoms with Crippen molar-refractivity contribution in [2.75, 3.05) is 12.3 Å². The maximum atomic E-state index is 13.1. The third-order valence-corrected chi connectivity index (χ3v) is 6.13. The molecule has 4 nitrogen and oxygen atoms in total. The molecule has 0 radical (unpaired) electrons. The van der Waals surface area contributed by atoms with Crippen molar-refractivity contribution >= 4 is 35.2 Å². The third kappa shape index (κ3) is 8.54. The van der Waals surface area contributed by atoms with Crippen LogP contribution in [0.5, 0.6) is 0 Å². The number of thioether (sulfide) groups is 1. The Balaban J connectivity index is 2.08. The van der Waals surface area contributed by atoms with E-state index in [0.29, 0.717) is 30.3 Å². The van der Waals surface area contributed by atoms with Crippen LogP contribution in [0.1, 0.15) is 44.2 Å². The Morgan fingerprint density at radius 2 is 1.71 bits per heavy atom. The number of carbonyl (C=O) groups is 2. The van der Waals surface area contributed by atoms with Crippen LogP contribution in [-0.4, -0.2) is 35.1 Å². The Labute approximate surface area is 193 Å². The molecule has 31 heavy (non-hydrogen) atoms. The molecule has 2 aromatic carbocycles. The van der Waals surface area contributed by atoms with Gasteiger partial charge in [-0.05, 0) is 48.2 Å². The molecule has 0 saturated heterocycles. The van der Waals surface area contributed by atoms with E-state index in [2.05, 4.69) is 12.2 Å². The lowest BCUT2D eigenvalue weighted by Crippen LogP contribution is -2.49. The Hall–Kier alpha value is -2.05. The highest BCUT2D eigenvalue weighted by Gasteiger charge is 2.28. The maximum Gasteiger partial charge on any atom is 0.242 e. The highest BCUT2D eigenvalue weighted by Crippen LogP contribution is 2.18. The van der Waals surface area contributed by atoms with Crippen molar-refractivity contribution in [2.45, 2.75) is 51.4 Å². The van der Waals surface area contributed by atoms with Crippen molar-refractivity contribution in [1.29, 1.82) is 0 Å². The lowest BCUT2D eigenvalue weighted by atomic mass is 10.1. The summed E-state index contributed by atoms with van der Waals surface area (Å²) in [6, 6.07) is 13.0. The predicted molar refractivity (Wildman–Crippen MR) is 127 cm³/mol. The zero-order valence-corrected chi connectivity index (χ0v) is 19.6. The number of halogens is 2. The van der Waals surface area contributed by atoms with Gasteiger partial charge in [-0.15, -0.1) is 11.8 Å². The van der Waals surface area contributed by atoms with Crippen molar-refractivity contribution in [3.63, 3.8) is 0 Å². The van der Waals surface area contributed by atoms with E-state index in [1.807, 2.05) is 19.1 Å². The minimum Gasteiger partial charge on any atom is -0.354 e. The maximum absolute atomic E-state index is 13.1. The minimum atomic E-state index is -0.536. The second-order valence-corrected chi connectivity index (χ2v) is 8.76. The zero-order valence-electron chi connectivity index (χ0n) is 18.1. The SMILES string of the molecule is CCCCNC(=O)[C@H](CC)N(Cc1ccc(Cl)cc1)C(=O)CSCc1ccc(F)cc1. The van der Waals surface area contributed by atoms with E-state index in [1.54, 1.807) is 29.2 Å². The number of nitrogens with zero attached hydrogens (tertiary/aromatic N) is 1. The van der Waals surface area contributed by atoms with Gasteiger partial charge in [0.2, 0.25) is 11.8 Å². The van der Waals surface area contributed by atoms with Gasteiger partial charge in [-0.1, -0.05) is 56.1 Å². The molecule has 0 heterocycles. The highest BCUT2D eigenvalue weighted by atomic mass is 35.5. The van der Waals surface area contributed by atoms with Gasteiger partial charge >= 0.3 is 0 Å². The van der Waals surface area contributed by atoms with Crippen LogP contribution in [0.2, 0.25) is 5.02 Å². The van der Waals surface area contributed by atoms with Gasteiger partial charge in [0.1, 0.15) is 11.9 Å². The Bertz CT molecular complexity index is 830. The summed E-state index contributed by atoms with van der Waals surface area (Å²) in [5, 5.41) is 3.58.